The summed E-state index contributed by atoms with van der Waals surface area (Å²) in [6.45, 7) is 1.92. The molecule has 0 unspecified atom stereocenters. The normalized spacial score (nSPS) is 10.5. The zero-order chi connectivity index (χ0) is 8.97. The standard InChI is InChI=1S/C8H10N2OS/c1-6-5-12-8(10-6)4-3-7(11)9-2/h3-5H,1-2H3,(H,9,11)/b4-3+. The molecule has 1 aromatic rings. The first kappa shape index (κ1) is 8.93. The number of aryl methyl sites for hydroxylation is 1. The van der Waals surface area contributed by atoms with Gasteiger partial charge in [0, 0.05) is 24.2 Å². The van der Waals surface area contributed by atoms with Crippen LogP contribution in [0, 0.1) is 6.92 Å². The van der Waals surface area contributed by atoms with Gasteiger partial charge in [-0.2, -0.15) is 0 Å². The minimum Gasteiger partial charge on any atom is -0.356 e. The van der Waals surface area contributed by atoms with Gasteiger partial charge in [0.25, 0.3) is 0 Å². The van der Waals surface area contributed by atoms with E-state index in [2.05, 4.69) is 10.3 Å². The predicted molar refractivity (Wildman–Crippen MR) is 50.0 cm³/mol. The van der Waals surface area contributed by atoms with Crippen LogP contribution < -0.4 is 5.32 Å². The molecule has 0 aromatic carbocycles. The molecule has 1 rings (SSSR count). The van der Waals surface area contributed by atoms with Crippen LogP contribution in [0.3, 0.4) is 0 Å². The summed E-state index contributed by atoms with van der Waals surface area (Å²) in [7, 11) is 1.60. The van der Waals surface area contributed by atoms with Crippen molar-refractivity contribution in [1.82, 2.24) is 10.3 Å². The molecule has 0 saturated carbocycles. The molecule has 0 saturated heterocycles. The highest BCUT2D eigenvalue weighted by Crippen LogP contribution is 2.09. The van der Waals surface area contributed by atoms with Crippen LogP contribution in [0.1, 0.15) is 10.7 Å². The highest BCUT2D eigenvalue weighted by atomic mass is 32.1. The van der Waals surface area contributed by atoms with E-state index in [0.717, 1.165) is 10.7 Å². The van der Waals surface area contributed by atoms with E-state index in [1.807, 2.05) is 12.3 Å². The molecule has 0 aliphatic carbocycles. The summed E-state index contributed by atoms with van der Waals surface area (Å²) in [5, 5.41) is 5.30. The van der Waals surface area contributed by atoms with Gasteiger partial charge in [-0.25, -0.2) is 4.98 Å². The number of rotatable bonds is 2. The van der Waals surface area contributed by atoms with Crippen LogP contribution in [0.15, 0.2) is 11.5 Å². The maximum Gasteiger partial charge on any atom is 0.243 e. The number of carbonyl (C=O) groups excluding carboxylic acids is 1. The third kappa shape index (κ3) is 2.47. The van der Waals surface area contributed by atoms with Crippen molar-refractivity contribution < 1.29 is 4.79 Å². The van der Waals surface area contributed by atoms with E-state index in [1.165, 1.54) is 17.4 Å². The van der Waals surface area contributed by atoms with E-state index < -0.39 is 0 Å². The smallest absolute Gasteiger partial charge is 0.243 e. The summed E-state index contributed by atoms with van der Waals surface area (Å²) in [5.41, 5.74) is 0.983. The number of nitrogens with zero attached hydrogens (tertiary/aromatic N) is 1. The second-order valence-electron chi connectivity index (χ2n) is 2.27. The zero-order valence-corrected chi connectivity index (χ0v) is 7.81. The summed E-state index contributed by atoms with van der Waals surface area (Å²) in [4.78, 5) is 14.9. The van der Waals surface area contributed by atoms with Gasteiger partial charge in [0.2, 0.25) is 5.91 Å². The number of nitrogens with one attached hydrogen (secondary N) is 1. The first-order valence-corrected chi connectivity index (χ1v) is 4.42. The highest BCUT2D eigenvalue weighted by Gasteiger charge is 1.93. The Hall–Kier alpha value is -1.16. The van der Waals surface area contributed by atoms with Gasteiger partial charge in [0.05, 0.1) is 0 Å². The van der Waals surface area contributed by atoms with Crippen LogP contribution >= 0.6 is 11.3 Å². The van der Waals surface area contributed by atoms with E-state index in [-0.39, 0.29) is 5.91 Å². The Morgan fingerprint density at radius 3 is 3.00 bits per heavy atom. The van der Waals surface area contributed by atoms with Crippen molar-refractivity contribution in [2.45, 2.75) is 6.92 Å². The van der Waals surface area contributed by atoms with Crippen LogP contribution in [-0.2, 0) is 4.79 Å². The fraction of sp³-hybridized carbons (Fsp3) is 0.250. The SMILES string of the molecule is CNC(=O)/C=C/c1nc(C)cs1. The van der Waals surface area contributed by atoms with Crippen molar-refractivity contribution in [2.24, 2.45) is 0 Å². The van der Waals surface area contributed by atoms with Gasteiger partial charge >= 0.3 is 0 Å². The topological polar surface area (TPSA) is 42.0 Å². The monoisotopic (exact) mass is 182 g/mol. The number of amides is 1. The first-order valence-electron chi connectivity index (χ1n) is 3.54. The molecule has 0 aliphatic heterocycles. The van der Waals surface area contributed by atoms with Crippen molar-refractivity contribution in [3.05, 3.63) is 22.2 Å². The summed E-state index contributed by atoms with van der Waals surface area (Å²) in [6.07, 6.45) is 3.18. The summed E-state index contributed by atoms with van der Waals surface area (Å²) in [5.74, 6) is -0.108. The molecule has 0 bridgehead atoms. The summed E-state index contributed by atoms with van der Waals surface area (Å²) >= 11 is 1.52. The van der Waals surface area contributed by atoms with Crippen LogP contribution in [0.25, 0.3) is 6.08 Å². The molecule has 0 aliphatic rings. The number of thiazole rings is 1. The van der Waals surface area contributed by atoms with E-state index in [0.29, 0.717) is 0 Å². The molecular weight excluding hydrogens is 172 g/mol. The molecule has 0 fully saturated rings. The largest absolute Gasteiger partial charge is 0.356 e. The second kappa shape index (κ2) is 4.01. The predicted octanol–water partition coefficient (Wildman–Crippen LogP) is 1.21. The van der Waals surface area contributed by atoms with Crippen molar-refractivity contribution in [3.8, 4) is 0 Å². The number of hydrogen-bond acceptors (Lipinski definition) is 3. The van der Waals surface area contributed by atoms with E-state index >= 15 is 0 Å². The second-order valence-corrected chi connectivity index (χ2v) is 3.16. The number of aromatic nitrogens is 1. The molecule has 4 heteroatoms. The number of likely N-dealkylation sites (N-methyl/N-ethyl adjacent to an activating group) is 1. The van der Waals surface area contributed by atoms with Gasteiger partial charge in [0.1, 0.15) is 5.01 Å². The van der Waals surface area contributed by atoms with Crippen LogP contribution in [0.4, 0.5) is 0 Å². The first-order chi connectivity index (χ1) is 5.72. The molecule has 0 radical (unpaired) electrons. The van der Waals surface area contributed by atoms with E-state index in [1.54, 1.807) is 13.1 Å². The van der Waals surface area contributed by atoms with Crippen LogP contribution in [0.5, 0.6) is 0 Å². The van der Waals surface area contributed by atoms with Gasteiger partial charge in [-0.15, -0.1) is 11.3 Å². The fourth-order valence-corrected chi connectivity index (χ4v) is 1.37. The molecule has 1 amide bonds. The van der Waals surface area contributed by atoms with Gasteiger partial charge in [-0.3, -0.25) is 4.79 Å². The number of carbonyl (C=O) groups is 1. The third-order valence-electron chi connectivity index (χ3n) is 1.26. The Balaban J connectivity index is 2.63. The lowest BCUT2D eigenvalue weighted by molar-refractivity contribution is -0.115. The average molecular weight is 182 g/mol. The number of hydrogen-bond donors (Lipinski definition) is 1. The molecule has 1 aromatic heterocycles. The maximum atomic E-state index is 10.8. The Bertz CT molecular complexity index is 304. The van der Waals surface area contributed by atoms with Gasteiger partial charge < -0.3 is 5.32 Å². The van der Waals surface area contributed by atoms with Crippen LogP contribution in [0.2, 0.25) is 0 Å². The van der Waals surface area contributed by atoms with Crippen LogP contribution in [-0.4, -0.2) is 17.9 Å². The van der Waals surface area contributed by atoms with Crippen molar-refractivity contribution in [3.63, 3.8) is 0 Å². The fourth-order valence-electron chi connectivity index (χ4n) is 0.679. The molecule has 1 N–H and O–H groups in total. The lowest BCUT2D eigenvalue weighted by Gasteiger charge is -1.87. The lowest BCUT2D eigenvalue weighted by Crippen LogP contribution is -2.13. The quantitative estimate of drug-likeness (QED) is 0.698. The zero-order valence-electron chi connectivity index (χ0n) is 7.00. The minimum absolute atomic E-state index is 0.108. The minimum atomic E-state index is -0.108. The Morgan fingerprint density at radius 1 is 1.75 bits per heavy atom. The van der Waals surface area contributed by atoms with Gasteiger partial charge in [0.15, 0.2) is 0 Å². The maximum absolute atomic E-state index is 10.8. The highest BCUT2D eigenvalue weighted by molar-refractivity contribution is 7.10. The lowest BCUT2D eigenvalue weighted by atomic mass is 10.5. The van der Waals surface area contributed by atoms with Gasteiger partial charge in [-0.05, 0) is 13.0 Å². The Kier molecular flexibility index (Phi) is 2.99. The Morgan fingerprint density at radius 2 is 2.50 bits per heavy atom. The van der Waals surface area contributed by atoms with E-state index in [9.17, 15) is 4.79 Å². The van der Waals surface area contributed by atoms with Crippen molar-refractivity contribution in [1.29, 1.82) is 0 Å². The van der Waals surface area contributed by atoms with Crippen molar-refractivity contribution in [2.75, 3.05) is 7.05 Å². The third-order valence-corrected chi connectivity index (χ3v) is 2.19. The molecule has 64 valence electrons. The molecule has 12 heavy (non-hydrogen) atoms. The molecule has 3 nitrogen and oxygen atoms in total. The molecule has 1 heterocycles. The average Bonchev–Trinajstić information content (AvgIpc) is 2.47. The molecular formula is C8H10N2OS. The Labute approximate surface area is 75.1 Å². The molecule has 0 atom stereocenters. The van der Waals surface area contributed by atoms with Crippen molar-refractivity contribution >= 4 is 23.3 Å². The summed E-state index contributed by atoms with van der Waals surface area (Å²) in [6, 6.07) is 0. The van der Waals surface area contributed by atoms with E-state index in [4.69, 9.17) is 0 Å². The molecule has 0 spiro atoms. The van der Waals surface area contributed by atoms with Gasteiger partial charge in [-0.1, -0.05) is 0 Å². The summed E-state index contributed by atoms with van der Waals surface area (Å²) < 4.78 is 0.